The Bertz CT molecular complexity index is 1510. The van der Waals surface area contributed by atoms with Crippen molar-refractivity contribution in [3.05, 3.63) is 82.5 Å². The Kier molecular flexibility index (Phi) is 9.74. The first kappa shape index (κ1) is 30.0. The van der Waals surface area contributed by atoms with Gasteiger partial charge in [0, 0.05) is 60.3 Å². The van der Waals surface area contributed by atoms with Crippen LogP contribution in [0.2, 0.25) is 0 Å². The highest BCUT2D eigenvalue weighted by Crippen LogP contribution is 2.35. The Morgan fingerprint density at radius 2 is 1.88 bits per heavy atom. The molecule has 5 rings (SSSR count). The molecule has 1 saturated heterocycles. The summed E-state index contributed by atoms with van der Waals surface area (Å²) in [5.74, 6) is 0.585. The molecule has 42 heavy (non-hydrogen) atoms. The Morgan fingerprint density at radius 1 is 1.10 bits per heavy atom. The summed E-state index contributed by atoms with van der Waals surface area (Å²) in [7, 11) is 5.95. The predicted octanol–water partition coefficient (Wildman–Crippen LogP) is 5.39. The number of aromatic nitrogens is 2. The van der Waals surface area contributed by atoms with Crippen LogP contribution in [0.4, 0.5) is 0 Å². The molecule has 0 radical (unpaired) electrons. The quantitative estimate of drug-likeness (QED) is 0.254. The number of aryl methyl sites for hydroxylation is 2. The summed E-state index contributed by atoms with van der Waals surface area (Å²) in [5.41, 5.74) is 5.83. The Morgan fingerprint density at radius 3 is 2.62 bits per heavy atom. The third-order valence-electron chi connectivity index (χ3n) is 7.53. The van der Waals surface area contributed by atoms with Gasteiger partial charge in [-0.3, -0.25) is 14.4 Å². The summed E-state index contributed by atoms with van der Waals surface area (Å²) in [6.07, 6.45) is 3.91. The van der Waals surface area contributed by atoms with E-state index in [0.29, 0.717) is 17.9 Å². The molecule has 222 valence electrons. The summed E-state index contributed by atoms with van der Waals surface area (Å²) in [5, 5.41) is 7.63. The molecule has 1 N–H and O–H groups in total. The van der Waals surface area contributed by atoms with Gasteiger partial charge in [-0.15, -0.1) is 11.3 Å². The van der Waals surface area contributed by atoms with Crippen LogP contribution >= 0.6 is 11.3 Å². The van der Waals surface area contributed by atoms with Gasteiger partial charge in [0.1, 0.15) is 12.4 Å². The molecule has 0 bridgehead atoms. The number of hydrogen-bond donors (Lipinski definition) is 1. The van der Waals surface area contributed by atoms with Crippen molar-refractivity contribution in [2.24, 2.45) is 7.05 Å². The molecule has 2 aromatic heterocycles. The van der Waals surface area contributed by atoms with Gasteiger partial charge in [0.25, 0.3) is 5.91 Å². The van der Waals surface area contributed by atoms with E-state index in [1.165, 1.54) is 9.75 Å². The van der Waals surface area contributed by atoms with Crippen LogP contribution in [0.15, 0.2) is 60.9 Å². The average molecular weight is 588 g/mol. The van der Waals surface area contributed by atoms with E-state index in [-0.39, 0.29) is 11.9 Å². The first-order valence-electron chi connectivity index (χ1n) is 14.5. The van der Waals surface area contributed by atoms with Gasteiger partial charge < -0.3 is 19.7 Å². The average Bonchev–Trinajstić information content (AvgIpc) is 3.63. The molecule has 1 aliphatic rings. The molecular formula is C33H41N5O3S. The predicted molar refractivity (Wildman–Crippen MR) is 169 cm³/mol. The first-order valence-corrected chi connectivity index (χ1v) is 15.3. The zero-order valence-electron chi connectivity index (χ0n) is 25.2. The van der Waals surface area contributed by atoms with Crippen molar-refractivity contribution in [3.63, 3.8) is 0 Å². The number of thiophene rings is 1. The Labute approximate surface area is 252 Å². The minimum atomic E-state index is -0.210. The highest BCUT2D eigenvalue weighted by molar-refractivity contribution is 7.15. The lowest BCUT2D eigenvalue weighted by Gasteiger charge is -2.25. The first-order chi connectivity index (χ1) is 20.2. The number of rotatable bonds is 11. The second-order valence-corrected chi connectivity index (χ2v) is 12.4. The van der Waals surface area contributed by atoms with Crippen molar-refractivity contribution in [2.45, 2.75) is 26.4 Å². The van der Waals surface area contributed by atoms with E-state index in [4.69, 9.17) is 9.47 Å². The van der Waals surface area contributed by atoms with E-state index in [9.17, 15) is 4.79 Å². The zero-order chi connectivity index (χ0) is 29.6. The van der Waals surface area contributed by atoms with Gasteiger partial charge in [0.05, 0.1) is 25.5 Å². The zero-order valence-corrected chi connectivity index (χ0v) is 26.0. The molecule has 3 heterocycles. The van der Waals surface area contributed by atoms with Crippen LogP contribution in [0.5, 0.6) is 5.75 Å². The molecule has 8 nitrogen and oxygen atoms in total. The molecule has 0 saturated carbocycles. The molecule has 0 unspecified atom stereocenters. The number of carbonyl (C=O) groups excluding carboxylic acids is 1. The third kappa shape index (κ3) is 7.66. The second kappa shape index (κ2) is 13.6. The van der Waals surface area contributed by atoms with Gasteiger partial charge in [-0.2, -0.15) is 5.10 Å². The normalized spacial score (nSPS) is 14.7. The summed E-state index contributed by atoms with van der Waals surface area (Å²) in [6, 6.07) is 16.5. The molecule has 2 aromatic carbocycles. The second-order valence-electron chi connectivity index (χ2n) is 11.2. The summed E-state index contributed by atoms with van der Waals surface area (Å²) < 4.78 is 13.2. The lowest BCUT2D eigenvalue weighted by Crippen LogP contribution is -2.35. The molecule has 0 spiro atoms. The molecule has 0 aliphatic carbocycles. The van der Waals surface area contributed by atoms with E-state index in [0.717, 1.165) is 67.2 Å². The number of morpholine rings is 1. The monoisotopic (exact) mass is 587 g/mol. The maximum Gasteiger partial charge on any atom is 0.252 e. The number of nitrogens with one attached hydrogen (secondary N) is 1. The van der Waals surface area contributed by atoms with Crippen LogP contribution in [0.25, 0.3) is 21.6 Å². The standard InChI is InChI=1S/C33H41N5O3S/c1-23-6-7-29(41-15-10-36(3)4)19-31(23)33(39)35-24(2)25-16-26(28-20-34-37(5)21-28)18-27(17-25)32-9-8-30(42-32)22-38-11-13-40-14-12-38/h6-9,16-21,24H,10-15,22H2,1-5H3,(H,35,39)/t24-/m1/s1. The Hall–Kier alpha value is -3.50. The largest absolute Gasteiger partial charge is 0.492 e. The van der Waals surface area contributed by atoms with Crippen LogP contribution in [-0.2, 0) is 18.3 Å². The number of hydrogen-bond acceptors (Lipinski definition) is 7. The van der Waals surface area contributed by atoms with Crippen LogP contribution < -0.4 is 10.1 Å². The minimum absolute atomic E-state index is 0.115. The van der Waals surface area contributed by atoms with Crippen molar-refractivity contribution >= 4 is 17.2 Å². The molecule has 9 heteroatoms. The molecular weight excluding hydrogens is 546 g/mol. The smallest absolute Gasteiger partial charge is 0.252 e. The van der Waals surface area contributed by atoms with Crippen molar-refractivity contribution in [1.82, 2.24) is 24.9 Å². The van der Waals surface area contributed by atoms with Crippen molar-refractivity contribution < 1.29 is 14.3 Å². The van der Waals surface area contributed by atoms with Gasteiger partial charge >= 0.3 is 0 Å². The summed E-state index contributed by atoms with van der Waals surface area (Å²) >= 11 is 1.82. The number of nitrogens with zero attached hydrogens (tertiary/aromatic N) is 4. The maximum atomic E-state index is 13.5. The van der Waals surface area contributed by atoms with E-state index in [1.807, 2.05) is 81.6 Å². The third-order valence-corrected chi connectivity index (χ3v) is 8.65. The van der Waals surface area contributed by atoms with Crippen molar-refractivity contribution in [3.8, 4) is 27.3 Å². The number of likely N-dealkylation sites (N-methyl/N-ethyl adjacent to an activating group) is 1. The van der Waals surface area contributed by atoms with Gasteiger partial charge in [-0.05, 0) is 92.7 Å². The van der Waals surface area contributed by atoms with E-state index in [1.54, 1.807) is 0 Å². The minimum Gasteiger partial charge on any atom is -0.492 e. The van der Waals surface area contributed by atoms with Crippen LogP contribution in [0.1, 0.15) is 39.3 Å². The highest BCUT2D eigenvalue weighted by atomic mass is 32.1. The molecule has 1 fully saturated rings. The molecule has 1 atom stereocenters. The number of carbonyl (C=O) groups is 1. The summed E-state index contributed by atoms with van der Waals surface area (Å²) in [4.78, 5) is 20.5. The summed E-state index contributed by atoms with van der Waals surface area (Å²) in [6.45, 7) is 9.83. The molecule has 1 aliphatic heterocycles. The fourth-order valence-electron chi connectivity index (χ4n) is 5.02. The fraction of sp³-hybridized carbons (Fsp3) is 0.394. The fourth-order valence-corrected chi connectivity index (χ4v) is 6.06. The Balaban J connectivity index is 1.38. The molecule has 4 aromatic rings. The van der Waals surface area contributed by atoms with Crippen LogP contribution in [0, 0.1) is 6.92 Å². The van der Waals surface area contributed by atoms with Crippen LogP contribution in [-0.4, -0.2) is 79.0 Å². The number of ether oxygens (including phenoxy) is 2. The van der Waals surface area contributed by atoms with E-state index < -0.39 is 0 Å². The van der Waals surface area contributed by atoms with Gasteiger partial charge in [0.2, 0.25) is 0 Å². The van der Waals surface area contributed by atoms with Gasteiger partial charge in [0.15, 0.2) is 0 Å². The van der Waals surface area contributed by atoms with Crippen LogP contribution in [0.3, 0.4) is 0 Å². The SMILES string of the molecule is Cc1ccc(OCCN(C)C)cc1C(=O)N[C@H](C)c1cc(-c2cnn(C)c2)cc(-c2ccc(CN3CCOCC3)s2)c1. The lowest BCUT2D eigenvalue weighted by molar-refractivity contribution is 0.0346. The lowest BCUT2D eigenvalue weighted by atomic mass is 9.97. The number of benzene rings is 2. The van der Waals surface area contributed by atoms with E-state index in [2.05, 4.69) is 50.5 Å². The van der Waals surface area contributed by atoms with Crippen molar-refractivity contribution in [1.29, 1.82) is 0 Å². The molecule has 1 amide bonds. The number of amides is 1. The highest BCUT2D eigenvalue weighted by Gasteiger charge is 2.18. The topological polar surface area (TPSA) is 71.9 Å². The van der Waals surface area contributed by atoms with Crippen molar-refractivity contribution in [2.75, 3.05) is 53.6 Å². The van der Waals surface area contributed by atoms with Gasteiger partial charge in [-0.25, -0.2) is 0 Å². The van der Waals surface area contributed by atoms with Gasteiger partial charge in [-0.1, -0.05) is 6.07 Å². The maximum absolute atomic E-state index is 13.5. The van der Waals surface area contributed by atoms with E-state index >= 15 is 0 Å².